The SMILES string of the molecule is CCCn1cc(S(=O)(=O)NCC(C)C(C)C)cc1CN. The maximum absolute atomic E-state index is 12.3. The lowest BCUT2D eigenvalue weighted by atomic mass is 9.99. The van der Waals surface area contributed by atoms with Crippen LogP contribution in [0.25, 0.3) is 0 Å². The monoisotopic (exact) mass is 301 g/mol. The highest BCUT2D eigenvalue weighted by molar-refractivity contribution is 7.89. The maximum Gasteiger partial charge on any atom is 0.242 e. The standard InChI is InChI=1S/C14H27N3O2S/c1-5-6-17-10-14(7-13(17)8-15)20(18,19)16-9-12(4)11(2)3/h7,10-12,16H,5-6,8-9,15H2,1-4H3. The Bertz CT molecular complexity index is 521. The summed E-state index contributed by atoms with van der Waals surface area (Å²) in [6.45, 7) is 9.85. The van der Waals surface area contributed by atoms with Crippen LogP contribution in [0.3, 0.4) is 0 Å². The topological polar surface area (TPSA) is 77.1 Å². The zero-order valence-corrected chi connectivity index (χ0v) is 13.7. The van der Waals surface area contributed by atoms with Gasteiger partial charge in [0.1, 0.15) is 0 Å². The fourth-order valence-corrected chi connectivity index (χ4v) is 3.06. The number of aromatic nitrogens is 1. The molecule has 6 heteroatoms. The molecule has 0 bridgehead atoms. The van der Waals surface area contributed by atoms with E-state index in [1.165, 1.54) is 0 Å². The third kappa shape index (κ3) is 4.33. The highest BCUT2D eigenvalue weighted by atomic mass is 32.2. The summed E-state index contributed by atoms with van der Waals surface area (Å²) >= 11 is 0. The van der Waals surface area contributed by atoms with Crippen LogP contribution in [0, 0.1) is 11.8 Å². The Balaban J connectivity index is 2.87. The number of hydrogen-bond acceptors (Lipinski definition) is 3. The molecule has 116 valence electrons. The third-order valence-electron chi connectivity index (χ3n) is 3.68. The van der Waals surface area contributed by atoms with Crippen LogP contribution in [0.2, 0.25) is 0 Å². The van der Waals surface area contributed by atoms with Gasteiger partial charge in [-0.2, -0.15) is 0 Å². The fourth-order valence-electron chi connectivity index (χ4n) is 1.85. The molecule has 20 heavy (non-hydrogen) atoms. The highest BCUT2D eigenvalue weighted by Crippen LogP contribution is 2.16. The number of nitrogens with one attached hydrogen (secondary N) is 1. The summed E-state index contributed by atoms with van der Waals surface area (Å²) in [5.41, 5.74) is 6.51. The largest absolute Gasteiger partial charge is 0.349 e. The summed E-state index contributed by atoms with van der Waals surface area (Å²) < 4.78 is 29.2. The molecule has 1 unspecified atom stereocenters. The van der Waals surface area contributed by atoms with Gasteiger partial charge in [-0.3, -0.25) is 0 Å². The molecule has 0 spiro atoms. The summed E-state index contributed by atoms with van der Waals surface area (Å²) in [6.07, 6.45) is 2.62. The summed E-state index contributed by atoms with van der Waals surface area (Å²) in [4.78, 5) is 0.308. The van der Waals surface area contributed by atoms with Crippen molar-refractivity contribution in [1.29, 1.82) is 0 Å². The van der Waals surface area contributed by atoms with Gasteiger partial charge in [0.25, 0.3) is 0 Å². The van der Waals surface area contributed by atoms with E-state index in [1.54, 1.807) is 12.3 Å². The van der Waals surface area contributed by atoms with Gasteiger partial charge in [-0.1, -0.05) is 27.7 Å². The van der Waals surface area contributed by atoms with E-state index in [-0.39, 0.29) is 0 Å². The second-order valence-electron chi connectivity index (χ2n) is 5.64. The van der Waals surface area contributed by atoms with Crippen LogP contribution in [0.15, 0.2) is 17.2 Å². The Morgan fingerprint density at radius 3 is 2.50 bits per heavy atom. The molecule has 1 rings (SSSR count). The molecule has 5 nitrogen and oxygen atoms in total. The van der Waals surface area contributed by atoms with Crippen molar-refractivity contribution in [3.63, 3.8) is 0 Å². The van der Waals surface area contributed by atoms with Crippen molar-refractivity contribution in [3.05, 3.63) is 18.0 Å². The number of nitrogens with two attached hydrogens (primary N) is 1. The quantitative estimate of drug-likeness (QED) is 0.770. The molecule has 1 aromatic rings. The molecule has 0 aliphatic heterocycles. The first-order chi connectivity index (χ1) is 9.31. The van der Waals surface area contributed by atoms with Crippen LogP contribution in [0.4, 0.5) is 0 Å². The molecule has 0 aliphatic carbocycles. The van der Waals surface area contributed by atoms with Gasteiger partial charge in [-0.25, -0.2) is 13.1 Å². The van der Waals surface area contributed by atoms with Gasteiger partial charge in [-0.15, -0.1) is 0 Å². The van der Waals surface area contributed by atoms with E-state index in [0.717, 1.165) is 18.7 Å². The lowest BCUT2D eigenvalue weighted by Gasteiger charge is -2.15. The minimum Gasteiger partial charge on any atom is -0.349 e. The molecular weight excluding hydrogens is 274 g/mol. The second-order valence-corrected chi connectivity index (χ2v) is 7.40. The van der Waals surface area contributed by atoms with Crippen LogP contribution in [-0.2, 0) is 23.1 Å². The fraction of sp³-hybridized carbons (Fsp3) is 0.714. The van der Waals surface area contributed by atoms with Crippen molar-refractivity contribution in [2.24, 2.45) is 17.6 Å². The van der Waals surface area contributed by atoms with E-state index < -0.39 is 10.0 Å². The zero-order valence-electron chi connectivity index (χ0n) is 12.9. The summed E-state index contributed by atoms with van der Waals surface area (Å²) in [6, 6.07) is 1.66. The number of aryl methyl sites for hydroxylation is 1. The van der Waals surface area contributed by atoms with Gasteiger partial charge in [0.05, 0.1) is 4.90 Å². The normalized spacial score (nSPS) is 13.9. The molecule has 1 atom stereocenters. The van der Waals surface area contributed by atoms with E-state index >= 15 is 0 Å². The molecule has 1 heterocycles. The minimum absolute atomic E-state index is 0.302. The van der Waals surface area contributed by atoms with E-state index in [0.29, 0.717) is 29.8 Å². The van der Waals surface area contributed by atoms with Crippen molar-refractivity contribution in [3.8, 4) is 0 Å². The molecule has 0 amide bonds. The van der Waals surface area contributed by atoms with Gasteiger partial charge < -0.3 is 10.3 Å². The third-order valence-corrected chi connectivity index (χ3v) is 5.07. The molecule has 0 radical (unpaired) electrons. The first-order valence-electron chi connectivity index (χ1n) is 7.20. The van der Waals surface area contributed by atoms with Crippen LogP contribution in [-0.4, -0.2) is 19.5 Å². The van der Waals surface area contributed by atoms with Crippen LogP contribution >= 0.6 is 0 Å². The van der Waals surface area contributed by atoms with E-state index in [1.807, 2.05) is 11.5 Å². The summed E-state index contributed by atoms with van der Waals surface area (Å²) in [7, 11) is -3.45. The van der Waals surface area contributed by atoms with Gasteiger partial charge in [0.15, 0.2) is 0 Å². The second kappa shape index (κ2) is 7.24. The predicted molar refractivity (Wildman–Crippen MR) is 81.8 cm³/mol. The lowest BCUT2D eigenvalue weighted by molar-refractivity contribution is 0.414. The molecule has 0 aliphatic rings. The Morgan fingerprint density at radius 2 is 2.00 bits per heavy atom. The van der Waals surface area contributed by atoms with Gasteiger partial charge in [-0.05, 0) is 24.3 Å². The molecule has 3 N–H and O–H groups in total. The first kappa shape index (κ1) is 17.2. The molecule has 0 saturated carbocycles. The van der Waals surface area contributed by atoms with Crippen LogP contribution in [0.1, 0.15) is 39.8 Å². The Labute approximate surface area is 122 Å². The van der Waals surface area contributed by atoms with E-state index in [9.17, 15) is 8.42 Å². The van der Waals surface area contributed by atoms with Gasteiger partial charge in [0, 0.05) is 31.5 Å². The van der Waals surface area contributed by atoms with E-state index in [4.69, 9.17) is 5.73 Å². The van der Waals surface area contributed by atoms with Crippen molar-refractivity contribution in [1.82, 2.24) is 9.29 Å². The van der Waals surface area contributed by atoms with Gasteiger partial charge >= 0.3 is 0 Å². The maximum atomic E-state index is 12.3. The zero-order chi connectivity index (χ0) is 15.3. The molecule has 0 fully saturated rings. The first-order valence-corrected chi connectivity index (χ1v) is 8.68. The van der Waals surface area contributed by atoms with Crippen molar-refractivity contribution >= 4 is 10.0 Å². The number of rotatable bonds is 8. The Kier molecular flexibility index (Phi) is 6.23. The molecule has 1 aromatic heterocycles. The molecule has 0 saturated heterocycles. The minimum atomic E-state index is -3.45. The van der Waals surface area contributed by atoms with Crippen molar-refractivity contribution in [2.45, 2.75) is 52.1 Å². The summed E-state index contributed by atoms with van der Waals surface area (Å²) in [5, 5.41) is 0. The van der Waals surface area contributed by atoms with Gasteiger partial charge in [0.2, 0.25) is 10.0 Å². The van der Waals surface area contributed by atoms with Crippen molar-refractivity contribution in [2.75, 3.05) is 6.54 Å². The Morgan fingerprint density at radius 1 is 1.35 bits per heavy atom. The molecule has 0 aromatic carbocycles. The predicted octanol–water partition coefficient (Wildman–Crippen LogP) is 1.93. The Hall–Kier alpha value is -0.850. The number of nitrogens with zero attached hydrogens (tertiary/aromatic N) is 1. The average Bonchev–Trinajstić information content (AvgIpc) is 2.80. The van der Waals surface area contributed by atoms with Crippen LogP contribution < -0.4 is 10.5 Å². The number of sulfonamides is 1. The van der Waals surface area contributed by atoms with E-state index in [2.05, 4.69) is 25.5 Å². The average molecular weight is 301 g/mol. The highest BCUT2D eigenvalue weighted by Gasteiger charge is 2.19. The molecular formula is C14H27N3O2S. The summed E-state index contributed by atoms with van der Waals surface area (Å²) in [5.74, 6) is 0.749. The van der Waals surface area contributed by atoms with Crippen molar-refractivity contribution < 1.29 is 8.42 Å². The van der Waals surface area contributed by atoms with Crippen LogP contribution in [0.5, 0.6) is 0 Å². The number of hydrogen-bond donors (Lipinski definition) is 2. The lowest BCUT2D eigenvalue weighted by Crippen LogP contribution is -2.30. The smallest absolute Gasteiger partial charge is 0.242 e.